The SMILES string of the molecule is O=S(=O)(c1cnn(C2CCOC2)c1)N1CC(CO)C(c2ccsc2)C1. The van der Waals surface area contributed by atoms with Crippen molar-refractivity contribution in [2.75, 3.05) is 32.9 Å². The fourth-order valence-corrected chi connectivity index (χ4v) is 5.80. The summed E-state index contributed by atoms with van der Waals surface area (Å²) in [6.07, 6.45) is 3.86. The number of rotatable bonds is 5. The van der Waals surface area contributed by atoms with Gasteiger partial charge in [-0.15, -0.1) is 0 Å². The Bertz CT molecular complexity index is 812. The lowest BCUT2D eigenvalue weighted by atomic mass is 9.92. The minimum atomic E-state index is -3.61. The van der Waals surface area contributed by atoms with E-state index in [-0.39, 0.29) is 29.4 Å². The van der Waals surface area contributed by atoms with Crippen LogP contribution in [-0.4, -0.2) is 60.5 Å². The first-order chi connectivity index (χ1) is 12.1. The van der Waals surface area contributed by atoms with Gasteiger partial charge < -0.3 is 9.84 Å². The standard InChI is InChI=1S/C16H21N3O4S2/c20-9-13-6-18(8-16(13)12-2-4-24-11-12)25(21,22)15-5-17-19(7-15)14-1-3-23-10-14/h2,4-5,7,11,13-14,16,20H,1,3,6,8-10H2. The number of aliphatic hydroxyl groups is 1. The van der Waals surface area contributed by atoms with E-state index in [1.165, 1.54) is 10.5 Å². The molecule has 0 spiro atoms. The van der Waals surface area contributed by atoms with Crippen LogP contribution in [0.1, 0.15) is 23.9 Å². The molecule has 3 unspecified atom stereocenters. The van der Waals surface area contributed by atoms with Gasteiger partial charge in [-0.1, -0.05) is 0 Å². The van der Waals surface area contributed by atoms with Crippen molar-refractivity contribution in [3.05, 3.63) is 34.8 Å². The van der Waals surface area contributed by atoms with E-state index in [0.29, 0.717) is 26.3 Å². The van der Waals surface area contributed by atoms with E-state index in [9.17, 15) is 13.5 Å². The molecule has 136 valence electrons. The normalized spacial score (nSPS) is 28.0. The van der Waals surface area contributed by atoms with Crippen LogP contribution in [0.2, 0.25) is 0 Å². The van der Waals surface area contributed by atoms with Gasteiger partial charge in [-0.3, -0.25) is 4.68 Å². The predicted molar refractivity (Wildman–Crippen MR) is 93.1 cm³/mol. The molecule has 2 aromatic rings. The maximum atomic E-state index is 13.0. The van der Waals surface area contributed by atoms with Crippen LogP contribution in [0.25, 0.3) is 0 Å². The van der Waals surface area contributed by atoms with Crippen molar-refractivity contribution < 1.29 is 18.3 Å². The Morgan fingerprint density at radius 2 is 2.28 bits per heavy atom. The van der Waals surface area contributed by atoms with Crippen LogP contribution >= 0.6 is 11.3 Å². The molecular weight excluding hydrogens is 362 g/mol. The van der Waals surface area contributed by atoms with Crippen molar-refractivity contribution in [2.24, 2.45) is 5.92 Å². The molecule has 4 heterocycles. The zero-order valence-electron chi connectivity index (χ0n) is 13.7. The van der Waals surface area contributed by atoms with E-state index in [0.717, 1.165) is 12.0 Å². The summed E-state index contributed by atoms with van der Waals surface area (Å²) in [6.45, 7) is 1.95. The lowest BCUT2D eigenvalue weighted by molar-refractivity contribution is 0.184. The monoisotopic (exact) mass is 383 g/mol. The first-order valence-corrected chi connectivity index (χ1v) is 10.7. The van der Waals surface area contributed by atoms with E-state index < -0.39 is 10.0 Å². The highest BCUT2D eigenvalue weighted by Crippen LogP contribution is 2.36. The molecule has 2 aliphatic heterocycles. The van der Waals surface area contributed by atoms with Gasteiger partial charge in [0.1, 0.15) is 4.90 Å². The number of sulfonamides is 1. The van der Waals surface area contributed by atoms with Gasteiger partial charge in [0.15, 0.2) is 0 Å². The van der Waals surface area contributed by atoms with E-state index in [1.807, 2.05) is 16.8 Å². The Morgan fingerprint density at radius 3 is 2.96 bits per heavy atom. The summed E-state index contributed by atoms with van der Waals surface area (Å²) in [4.78, 5) is 0.210. The molecule has 0 aliphatic carbocycles. The second-order valence-electron chi connectivity index (χ2n) is 6.60. The van der Waals surface area contributed by atoms with Gasteiger partial charge >= 0.3 is 0 Å². The van der Waals surface area contributed by atoms with Gasteiger partial charge in [-0.05, 0) is 28.8 Å². The molecule has 0 bridgehead atoms. The third-order valence-corrected chi connectivity index (χ3v) is 7.59. The highest BCUT2D eigenvalue weighted by molar-refractivity contribution is 7.89. The third-order valence-electron chi connectivity index (χ3n) is 5.11. The maximum absolute atomic E-state index is 13.0. The number of hydrogen-bond acceptors (Lipinski definition) is 6. The Kier molecular flexibility index (Phi) is 4.67. The fourth-order valence-electron chi connectivity index (χ4n) is 3.61. The van der Waals surface area contributed by atoms with E-state index in [4.69, 9.17) is 4.74 Å². The Morgan fingerprint density at radius 1 is 1.40 bits per heavy atom. The van der Waals surface area contributed by atoms with E-state index in [1.54, 1.807) is 22.2 Å². The second-order valence-corrected chi connectivity index (χ2v) is 9.32. The summed E-state index contributed by atoms with van der Waals surface area (Å²) in [5.74, 6) is -0.0491. The summed E-state index contributed by atoms with van der Waals surface area (Å²) in [5.41, 5.74) is 1.10. The molecule has 4 rings (SSSR count). The average Bonchev–Trinajstić information content (AvgIpc) is 3.42. The number of nitrogens with zero attached hydrogens (tertiary/aromatic N) is 3. The van der Waals surface area contributed by atoms with Crippen molar-refractivity contribution >= 4 is 21.4 Å². The summed E-state index contributed by atoms with van der Waals surface area (Å²) in [5, 5.41) is 17.9. The van der Waals surface area contributed by atoms with Gasteiger partial charge in [0.05, 0.1) is 18.8 Å². The topological polar surface area (TPSA) is 84.7 Å². The first kappa shape index (κ1) is 17.2. The summed E-state index contributed by atoms with van der Waals surface area (Å²) < 4.78 is 34.5. The molecule has 0 saturated carbocycles. The number of aliphatic hydroxyl groups excluding tert-OH is 1. The zero-order valence-corrected chi connectivity index (χ0v) is 15.3. The Hall–Kier alpha value is -1.26. The van der Waals surface area contributed by atoms with Crippen molar-refractivity contribution in [1.82, 2.24) is 14.1 Å². The van der Waals surface area contributed by atoms with Gasteiger partial charge in [0, 0.05) is 44.3 Å². The van der Waals surface area contributed by atoms with Crippen molar-refractivity contribution in [2.45, 2.75) is 23.3 Å². The molecule has 3 atom stereocenters. The summed E-state index contributed by atoms with van der Waals surface area (Å²) in [6, 6.07) is 2.11. The Labute approximate surface area is 150 Å². The van der Waals surface area contributed by atoms with Crippen LogP contribution in [-0.2, 0) is 14.8 Å². The summed E-state index contributed by atoms with van der Waals surface area (Å²) >= 11 is 1.59. The molecule has 2 saturated heterocycles. The number of hydrogen-bond donors (Lipinski definition) is 1. The second kappa shape index (κ2) is 6.81. The zero-order chi connectivity index (χ0) is 17.4. The van der Waals surface area contributed by atoms with Crippen LogP contribution in [0, 0.1) is 5.92 Å². The largest absolute Gasteiger partial charge is 0.396 e. The van der Waals surface area contributed by atoms with Gasteiger partial charge in [0.25, 0.3) is 0 Å². The lowest BCUT2D eigenvalue weighted by Gasteiger charge is -2.15. The van der Waals surface area contributed by atoms with Crippen LogP contribution in [0.5, 0.6) is 0 Å². The van der Waals surface area contributed by atoms with Gasteiger partial charge in [0.2, 0.25) is 10.0 Å². The molecule has 1 N–H and O–H groups in total. The summed E-state index contributed by atoms with van der Waals surface area (Å²) in [7, 11) is -3.61. The maximum Gasteiger partial charge on any atom is 0.246 e. The number of aromatic nitrogens is 2. The first-order valence-electron chi connectivity index (χ1n) is 8.34. The molecule has 2 aliphatic rings. The number of ether oxygens (including phenoxy) is 1. The fraction of sp³-hybridized carbons (Fsp3) is 0.562. The highest BCUT2D eigenvalue weighted by Gasteiger charge is 2.40. The molecule has 0 radical (unpaired) electrons. The molecular formula is C16H21N3O4S2. The predicted octanol–water partition coefficient (Wildman–Crippen LogP) is 1.30. The number of thiophene rings is 1. The molecule has 9 heteroatoms. The molecule has 0 aromatic carbocycles. The van der Waals surface area contributed by atoms with Crippen LogP contribution < -0.4 is 0 Å². The molecule has 7 nitrogen and oxygen atoms in total. The molecule has 25 heavy (non-hydrogen) atoms. The van der Waals surface area contributed by atoms with Gasteiger partial charge in [-0.25, -0.2) is 8.42 Å². The quantitative estimate of drug-likeness (QED) is 0.841. The minimum Gasteiger partial charge on any atom is -0.396 e. The molecule has 2 fully saturated rings. The molecule has 0 amide bonds. The molecule has 2 aromatic heterocycles. The van der Waals surface area contributed by atoms with Crippen molar-refractivity contribution in [3.8, 4) is 0 Å². The van der Waals surface area contributed by atoms with Crippen LogP contribution in [0.4, 0.5) is 0 Å². The highest BCUT2D eigenvalue weighted by atomic mass is 32.2. The Balaban J connectivity index is 1.56. The lowest BCUT2D eigenvalue weighted by Crippen LogP contribution is -2.29. The van der Waals surface area contributed by atoms with E-state index in [2.05, 4.69) is 5.10 Å². The smallest absolute Gasteiger partial charge is 0.246 e. The van der Waals surface area contributed by atoms with Crippen LogP contribution in [0.3, 0.4) is 0 Å². The minimum absolute atomic E-state index is 0.0226. The average molecular weight is 383 g/mol. The van der Waals surface area contributed by atoms with Gasteiger partial charge in [-0.2, -0.15) is 20.7 Å². The van der Waals surface area contributed by atoms with Crippen molar-refractivity contribution in [3.63, 3.8) is 0 Å². The van der Waals surface area contributed by atoms with Crippen molar-refractivity contribution in [1.29, 1.82) is 0 Å². The third kappa shape index (κ3) is 3.15. The van der Waals surface area contributed by atoms with Crippen LogP contribution in [0.15, 0.2) is 34.1 Å². The van der Waals surface area contributed by atoms with E-state index >= 15 is 0 Å².